The number of ether oxygens (including phenoxy) is 1. The zero-order valence-corrected chi connectivity index (χ0v) is 24.8. The Bertz CT molecular complexity index is 1260. The molecule has 4 rings (SSSR count). The van der Waals surface area contributed by atoms with Crippen LogP contribution in [-0.4, -0.2) is 75.8 Å². The highest BCUT2D eigenvalue weighted by atomic mass is 32.2. The number of sulfonamides is 1. The summed E-state index contributed by atoms with van der Waals surface area (Å²) in [6.45, 7) is 1.72. The third-order valence-electron chi connectivity index (χ3n) is 8.35. The largest absolute Gasteiger partial charge is 0.453 e. The summed E-state index contributed by atoms with van der Waals surface area (Å²) >= 11 is 0. The topological polar surface area (TPSA) is 117 Å². The molecule has 0 bridgehead atoms. The second-order valence-electron chi connectivity index (χ2n) is 11.2. The van der Waals surface area contributed by atoms with Gasteiger partial charge in [-0.1, -0.05) is 37.1 Å². The number of halogens is 2. The molecular formula is C30H40F2N4O5S. The van der Waals surface area contributed by atoms with Crippen LogP contribution >= 0.6 is 0 Å². The van der Waals surface area contributed by atoms with Crippen LogP contribution in [0.2, 0.25) is 0 Å². The molecule has 230 valence electrons. The Balaban J connectivity index is 1.49. The summed E-state index contributed by atoms with van der Waals surface area (Å²) in [5.74, 6) is -1.86. The molecule has 1 heterocycles. The first kappa shape index (κ1) is 31.8. The van der Waals surface area contributed by atoms with Crippen LogP contribution in [0.1, 0.15) is 55.6 Å². The molecule has 0 spiro atoms. The lowest BCUT2D eigenvalue weighted by Gasteiger charge is -2.34. The Hall–Kier alpha value is -3.09. The van der Waals surface area contributed by atoms with E-state index in [0.717, 1.165) is 38.5 Å². The van der Waals surface area contributed by atoms with E-state index < -0.39 is 45.6 Å². The van der Waals surface area contributed by atoms with E-state index in [2.05, 4.69) is 16.0 Å². The molecule has 1 saturated heterocycles. The maximum Gasteiger partial charge on any atom is 0.407 e. The molecule has 3 N–H and O–H groups in total. The van der Waals surface area contributed by atoms with E-state index in [1.807, 2.05) is 0 Å². The lowest BCUT2D eigenvalue weighted by Crippen LogP contribution is -2.53. The number of nitrogens with one attached hydrogen (secondary N) is 3. The number of piperazine rings is 1. The number of rotatable bonds is 11. The fourth-order valence-corrected chi connectivity index (χ4v) is 7.43. The highest BCUT2D eigenvalue weighted by molar-refractivity contribution is 7.88. The number of benzene rings is 2. The standard InChI is InChI=1S/C30H40F2N4O5S/c1-41-30(38)35-28(27(21-9-13-23(31)14-10-21)22-11-15-24(32)16-12-22)29(37)34-26-8-4-6-20(26)5-3-7-25-19-33-17-18-36(25)42(2,39)40/h9-16,20,25-28,33H,3-8,17-19H2,1-2H3,(H,34,37)(H,35,38). The number of amides is 2. The third-order valence-corrected chi connectivity index (χ3v) is 9.69. The normalized spacial score (nSPS) is 22.1. The molecule has 2 aromatic carbocycles. The van der Waals surface area contributed by atoms with Crippen LogP contribution in [0.4, 0.5) is 13.6 Å². The fourth-order valence-electron chi connectivity index (χ4n) is 6.29. The van der Waals surface area contributed by atoms with Crippen LogP contribution in [0.15, 0.2) is 48.5 Å². The van der Waals surface area contributed by atoms with Crippen molar-refractivity contribution in [1.29, 1.82) is 0 Å². The van der Waals surface area contributed by atoms with Gasteiger partial charge in [0.05, 0.1) is 13.4 Å². The van der Waals surface area contributed by atoms with Crippen LogP contribution in [0.5, 0.6) is 0 Å². The first-order chi connectivity index (χ1) is 20.1. The predicted octanol–water partition coefficient (Wildman–Crippen LogP) is 3.51. The Labute approximate surface area is 246 Å². The van der Waals surface area contributed by atoms with Crippen LogP contribution in [0.3, 0.4) is 0 Å². The highest BCUT2D eigenvalue weighted by Crippen LogP contribution is 2.33. The Morgan fingerprint density at radius 3 is 2.21 bits per heavy atom. The molecule has 4 atom stereocenters. The van der Waals surface area contributed by atoms with E-state index in [1.54, 1.807) is 28.6 Å². The molecule has 0 radical (unpaired) electrons. The molecule has 42 heavy (non-hydrogen) atoms. The number of nitrogens with zero attached hydrogens (tertiary/aromatic N) is 1. The Kier molecular flexibility index (Phi) is 10.9. The first-order valence-corrected chi connectivity index (χ1v) is 16.2. The van der Waals surface area contributed by atoms with E-state index in [-0.39, 0.29) is 18.0 Å². The Morgan fingerprint density at radius 1 is 1.02 bits per heavy atom. The molecule has 2 aliphatic rings. The molecule has 0 aromatic heterocycles. The monoisotopic (exact) mass is 606 g/mol. The fraction of sp³-hybridized carbons (Fsp3) is 0.533. The van der Waals surface area contributed by atoms with Crippen molar-refractivity contribution in [2.24, 2.45) is 5.92 Å². The SMILES string of the molecule is COC(=O)NC(C(=O)NC1CCCC1CCCC1CNCCN1S(C)(=O)=O)C(c1ccc(F)cc1)c1ccc(F)cc1. The van der Waals surface area contributed by atoms with Gasteiger partial charge in [0.2, 0.25) is 15.9 Å². The van der Waals surface area contributed by atoms with Gasteiger partial charge in [0.1, 0.15) is 17.7 Å². The first-order valence-electron chi connectivity index (χ1n) is 14.4. The van der Waals surface area contributed by atoms with Gasteiger partial charge >= 0.3 is 6.09 Å². The van der Waals surface area contributed by atoms with Crippen molar-refractivity contribution in [3.63, 3.8) is 0 Å². The quantitative estimate of drug-likeness (QED) is 0.361. The number of carbonyl (C=O) groups is 2. The molecule has 2 amide bonds. The number of methoxy groups -OCH3 is 1. The van der Waals surface area contributed by atoms with E-state index >= 15 is 0 Å². The number of hydrogen-bond acceptors (Lipinski definition) is 6. The van der Waals surface area contributed by atoms with Crippen molar-refractivity contribution in [2.45, 2.75) is 62.6 Å². The van der Waals surface area contributed by atoms with E-state index in [0.29, 0.717) is 30.8 Å². The minimum Gasteiger partial charge on any atom is -0.453 e. The van der Waals surface area contributed by atoms with Gasteiger partial charge in [-0.05, 0) is 67.0 Å². The van der Waals surface area contributed by atoms with Gasteiger partial charge in [0.25, 0.3) is 0 Å². The molecule has 9 nitrogen and oxygen atoms in total. The van der Waals surface area contributed by atoms with Gasteiger partial charge in [-0.25, -0.2) is 22.0 Å². The summed E-state index contributed by atoms with van der Waals surface area (Å²) in [5, 5.41) is 9.08. The second kappa shape index (κ2) is 14.4. The lowest BCUT2D eigenvalue weighted by atomic mass is 9.84. The van der Waals surface area contributed by atoms with Crippen LogP contribution < -0.4 is 16.0 Å². The third kappa shape index (κ3) is 8.26. The minimum atomic E-state index is -3.28. The minimum absolute atomic E-state index is 0.0935. The van der Waals surface area contributed by atoms with Crippen molar-refractivity contribution in [3.8, 4) is 0 Å². The molecule has 12 heteroatoms. The maximum atomic E-state index is 13.9. The molecule has 1 aliphatic heterocycles. The second-order valence-corrected chi connectivity index (χ2v) is 13.1. The molecule has 1 aliphatic carbocycles. The zero-order valence-electron chi connectivity index (χ0n) is 24.0. The van der Waals surface area contributed by atoms with Gasteiger partial charge in [-0.15, -0.1) is 0 Å². The van der Waals surface area contributed by atoms with Crippen LogP contribution in [-0.2, 0) is 19.6 Å². The van der Waals surface area contributed by atoms with Crippen molar-refractivity contribution < 1.29 is 31.5 Å². The van der Waals surface area contributed by atoms with Gasteiger partial charge in [-0.2, -0.15) is 4.31 Å². The van der Waals surface area contributed by atoms with Gasteiger partial charge in [0.15, 0.2) is 0 Å². The molecular weight excluding hydrogens is 566 g/mol. The Morgan fingerprint density at radius 2 is 1.64 bits per heavy atom. The average molecular weight is 607 g/mol. The zero-order chi connectivity index (χ0) is 30.3. The molecule has 1 saturated carbocycles. The van der Waals surface area contributed by atoms with Gasteiger partial charge in [-0.3, -0.25) is 4.79 Å². The van der Waals surface area contributed by atoms with Crippen LogP contribution in [0.25, 0.3) is 0 Å². The summed E-state index contributed by atoms with van der Waals surface area (Å²) in [6.07, 6.45) is 5.45. The number of carbonyl (C=O) groups excluding carboxylic acids is 2. The average Bonchev–Trinajstić information content (AvgIpc) is 3.40. The van der Waals surface area contributed by atoms with E-state index in [1.165, 1.54) is 37.6 Å². The van der Waals surface area contributed by atoms with Crippen molar-refractivity contribution in [1.82, 2.24) is 20.3 Å². The summed E-state index contributed by atoms with van der Waals surface area (Å²) < 4.78 is 58.4. The summed E-state index contributed by atoms with van der Waals surface area (Å²) in [6, 6.07) is 9.94. The predicted molar refractivity (Wildman–Crippen MR) is 155 cm³/mol. The van der Waals surface area contributed by atoms with Crippen molar-refractivity contribution >= 4 is 22.0 Å². The van der Waals surface area contributed by atoms with Crippen molar-refractivity contribution in [3.05, 3.63) is 71.3 Å². The van der Waals surface area contributed by atoms with E-state index in [4.69, 9.17) is 4.74 Å². The summed E-state index contributed by atoms with van der Waals surface area (Å²) in [5.41, 5.74) is 1.14. The lowest BCUT2D eigenvalue weighted by molar-refractivity contribution is -0.124. The molecule has 4 unspecified atom stereocenters. The molecule has 2 fully saturated rings. The summed E-state index contributed by atoms with van der Waals surface area (Å²) in [4.78, 5) is 26.3. The number of hydrogen-bond donors (Lipinski definition) is 3. The molecule has 2 aromatic rings. The van der Waals surface area contributed by atoms with Crippen molar-refractivity contribution in [2.75, 3.05) is 33.0 Å². The maximum absolute atomic E-state index is 13.9. The van der Waals surface area contributed by atoms with Crippen LogP contribution in [0, 0.1) is 17.6 Å². The van der Waals surface area contributed by atoms with Gasteiger partial charge in [0, 0.05) is 37.6 Å². The summed E-state index contributed by atoms with van der Waals surface area (Å²) in [7, 11) is -2.08. The van der Waals surface area contributed by atoms with E-state index in [9.17, 15) is 26.8 Å². The number of alkyl carbamates (subject to hydrolysis) is 1. The van der Waals surface area contributed by atoms with Gasteiger partial charge < -0.3 is 20.7 Å². The highest BCUT2D eigenvalue weighted by Gasteiger charge is 2.37. The smallest absolute Gasteiger partial charge is 0.407 e.